The number of halogens is 5. The van der Waals surface area contributed by atoms with E-state index in [0.717, 1.165) is 58.6 Å². The second-order valence-corrected chi connectivity index (χ2v) is 9.17. The van der Waals surface area contributed by atoms with Gasteiger partial charge in [-0.25, -0.2) is 8.78 Å². The van der Waals surface area contributed by atoms with Gasteiger partial charge in [-0.1, -0.05) is 28.1 Å². The van der Waals surface area contributed by atoms with E-state index in [2.05, 4.69) is 19.6 Å². The average molecular weight is 538 g/mol. The van der Waals surface area contributed by atoms with Crippen molar-refractivity contribution in [3.05, 3.63) is 63.4 Å². The molecule has 3 aromatic rings. The maximum Gasteiger partial charge on any atom is 0.185 e. The molecule has 0 radical (unpaired) electrons. The van der Waals surface area contributed by atoms with E-state index in [1.165, 1.54) is 12.1 Å². The van der Waals surface area contributed by atoms with E-state index >= 15 is 0 Å². The number of nitrogens with zero attached hydrogens (tertiary/aromatic N) is 4. The van der Waals surface area contributed by atoms with Crippen molar-refractivity contribution < 1.29 is 14.0 Å². The van der Waals surface area contributed by atoms with Crippen molar-refractivity contribution in [2.24, 2.45) is 16.1 Å². The summed E-state index contributed by atoms with van der Waals surface area (Å²) in [6, 6.07) is 9.20. The molecule has 1 aromatic heterocycles. The molecular formula is C22H25Cl3F2N4OS. The van der Waals surface area contributed by atoms with Gasteiger partial charge in [-0.05, 0) is 62.2 Å². The first-order valence-corrected chi connectivity index (χ1v) is 11.3. The van der Waals surface area contributed by atoms with E-state index in [-0.39, 0.29) is 36.1 Å². The van der Waals surface area contributed by atoms with Gasteiger partial charge in [0.25, 0.3) is 0 Å². The van der Waals surface area contributed by atoms with Crippen molar-refractivity contribution in [1.29, 1.82) is 0 Å². The molecule has 4 rings (SSSR count). The number of aromatic nitrogens is 1. The van der Waals surface area contributed by atoms with Crippen LogP contribution in [0.4, 0.5) is 8.78 Å². The quantitative estimate of drug-likeness (QED) is 0.262. The molecule has 0 amide bonds. The summed E-state index contributed by atoms with van der Waals surface area (Å²) >= 11 is 7.77. The van der Waals surface area contributed by atoms with Gasteiger partial charge in [0.2, 0.25) is 0 Å². The predicted octanol–water partition coefficient (Wildman–Crippen LogP) is 5.60. The van der Waals surface area contributed by atoms with Gasteiger partial charge < -0.3 is 9.77 Å². The standard InChI is InChI=1S/C22H23ClF2N4OS.2ClH/c1-26-22-29(20-5-2-15(23)10-21(20)31-22)12-14-6-8-28(9-7-14)13-19(27-30)17-4-3-16(24)11-18(17)25;;/h2-5,10-11,14,30H,6-9,12-13H2,1H3;2*1H. The summed E-state index contributed by atoms with van der Waals surface area (Å²) in [6.07, 6.45) is 1.93. The van der Waals surface area contributed by atoms with Crippen LogP contribution in [-0.2, 0) is 6.54 Å². The molecule has 0 atom stereocenters. The van der Waals surface area contributed by atoms with Gasteiger partial charge in [-0.3, -0.25) is 9.89 Å². The third-order valence-corrected chi connectivity index (χ3v) is 7.09. The molecule has 2 aromatic carbocycles. The SMILES string of the molecule is CN=c1sc2cc(Cl)ccc2n1CC1CCN(CC(=NO)c2ccc(F)cc2F)CC1.Cl.Cl. The molecule has 1 aliphatic rings. The number of hydrogen-bond donors (Lipinski definition) is 1. The summed E-state index contributed by atoms with van der Waals surface area (Å²) in [6.45, 7) is 2.79. The van der Waals surface area contributed by atoms with Crippen molar-refractivity contribution >= 4 is 63.7 Å². The van der Waals surface area contributed by atoms with Crippen molar-refractivity contribution in [3.8, 4) is 0 Å². The highest BCUT2D eigenvalue weighted by molar-refractivity contribution is 7.16. The van der Waals surface area contributed by atoms with Gasteiger partial charge >= 0.3 is 0 Å². The Morgan fingerprint density at radius 1 is 1.15 bits per heavy atom. The fraction of sp³-hybridized carbons (Fsp3) is 0.364. The van der Waals surface area contributed by atoms with Crippen LogP contribution in [-0.4, -0.2) is 47.1 Å². The van der Waals surface area contributed by atoms with Crippen LogP contribution in [0.25, 0.3) is 10.2 Å². The first-order valence-electron chi connectivity index (χ1n) is 10.1. The lowest BCUT2D eigenvalue weighted by Crippen LogP contribution is -2.39. The van der Waals surface area contributed by atoms with E-state index in [9.17, 15) is 14.0 Å². The van der Waals surface area contributed by atoms with E-state index < -0.39 is 11.6 Å². The number of piperidine rings is 1. The zero-order valence-corrected chi connectivity index (χ0v) is 21.1. The van der Waals surface area contributed by atoms with Gasteiger partial charge in [-0.2, -0.15) is 0 Å². The number of likely N-dealkylation sites (tertiary alicyclic amines) is 1. The van der Waals surface area contributed by atoms with Gasteiger partial charge in [-0.15, -0.1) is 24.8 Å². The minimum atomic E-state index is -0.723. The first kappa shape index (κ1) is 27.5. The van der Waals surface area contributed by atoms with Crippen LogP contribution in [0.15, 0.2) is 46.5 Å². The number of fused-ring (bicyclic) bond motifs is 1. The Labute approximate surface area is 212 Å². The van der Waals surface area contributed by atoms with Crippen LogP contribution in [0.3, 0.4) is 0 Å². The zero-order valence-electron chi connectivity index (χ0n) is 17.9. The van der Waals surface area contributed by atoms with Crippen LogP contribution >= 0.6 is 47.8 Å². The summed E-state index contributed by atoms with van der Waals surface area (Å²) in [5.41, 5.74) is 1.47. The molecule has 0 aliphatic carbocycles. The second kappa shape index (κ2) is 12.1. The third-order valence-electron chi connectivity index (χ3n) is 5.72. The Balaban J connectivity index is 0.00000193. The van der Waals surface area contributed by atoms with E-state index in [1.807, 2.05) is 18.2 Å². The lowest BCUT2D eigenvalue weighted by molar-refractivity contribution is 0.191. The molecule has 5 nitrogen and oxygen atoms in total. The van der Waals surface area contributed by atoms with Crippen molar-refractivity contribution in [2.75, 3.05) is 26.7 Å². The van der Waals surface area contributed by atoms with Crippen molar-refractivity contribution in [1.82, 2.24) is 9.47 Å². The summed E-state index contributed by atoms with van der Waals surface area (Å²) in [4.78, 5) is 7.55. The largest absolute Gasteiger partial charge is 0.411 e. The molecule has 180 valence electrons. The Morgan fingerprint density at radius 3 is 2.52 bits per heavy atom. The molecule has 1 saturated heterocycles. The van der Waals surface area contributed by atoms with E-state index in [0.29, 0.717) is 12.5 Å². The number of hydrogen-bond acceptors (Lipinski definition) is 5. The van der Waals surface area contributed by atoms with Gasteiger partial charge in [0.15, 0.2) is 4.80 Å². The van der Waals surface area contributed by atoms with Gasteiger partial charge in [0.05, 0.1) is 10.2 Å². The second-order valence-electron chi connectivity index (χ2n) is 7.72. The molecule has 1 fully saturated rings. The molecule has 0 saturated carbocycles. The molecule has 33 heavy (non-hydrogen) atoms. The van der Waals surface area contributed by atoms with Crippen molar-refractivity contribution in [2.45, 2.75) is 19.4 Å². The molecule has 1 N–H and O–H groups in total. The maximum absolute atomic E-state index is 14.1. The highest BCUT2D eigenvalue weighted by atomic mass is 35.5. The number of thiazole rings is 1. The average Bonchev–Trinajstić information content (AvgIpc) is 3.10. The van der Waals surface area contributed by atoms with Crippen LogP contribution in [0, 0.1) is 17.6 Å². The monoisotopic (exact) mass is 536 g/mol. The van der Waals surface area contributed by atoms with Crippen LogP contribution < -0.4 is 4.80 Å². The zero-order chi connectivity index (χ0) is 22.0. The lowest BCUT2D eigenvalue weighted by atomic mass is 9.96. The van der Waals surface area contributed by atoms with E-state index in [1.54, 1.807) is 18.4 Å². The lowest BCUT2D eigenvalue weighted by Gasteiger charge is -2.32. The Kier molecular flexibility index (Phi) is 10.1. The molecular weight excluding hydrogens is 513 g/mol. The van der Waals surface area contributed by atoms with Gasteiger partial charge in [0.1, 0.15) is 17.3 Å². The fourth-order valence-electron chi connectivity index (χ4n) is 4.08. The third kappa shape index (κ3) is 6.25. The fourth-order valence-corrected chi connectivity index (χ4v) is 5.36. The number of benzene rings is 2. The Hall–Kier alpha value is -1.71. The summed E-state index contributed by atoms with van der Waals surface area (Å²) in [7, 11) is 1.80. The van der Waals surface area contributed by atoms with Gasteiger partial charge in [0, 0.05) is 36.8 Å². The number of rotatable bonds is 5. The normalized spacial score (nSPS) is 16.0. The molecule has 0 spiro atoms. The van der Waals surface area contributed by atoms with Crippen LogP contribution in [0.5, 0.6) is 0 Å². The molecule has 1 aliphatic heterocycles. The van der Waals surface area contributed by atoms with E-state index in [4.69, 9.17) is 11.6 Å². The minimum absolute atomic E-state index is 0. The molecule has 0 bridgehead atoms. The smallest absolute Gasteiger partial charge is 0.185 e. The Morgan fingerprint density at radius 2 is 1.88 bits per heavy atom. The Bertz CT molecular complexity index is 1190. The summed E-state index contributed by atoms with van der Waals surface area (Å²) < 4.78 is 30.6. The van der Waals surface area contributed by atoms with Crippen LogP contribution in [0.1, 0.15) is 18.4 Å². The summed E-state index contributed by atoms with van der Waals surface area (Å²) in [5, 5.41) is 13.4. The topological polar surface area (TPSA) is 53.1 Å². The highest BCUT2D eigenvalue weighted by Gasteiger charge is 2.23. The predicted molar refractivity (Wildman–Crippen MR) is 135 cm³/mol. The maximum atomic E-state index is 14.1. The van der Waals surface area contributed by atoms with Crippen LogP contribution in [0.2, 0.25) is 5.02 Å². The molecule has 0 unspecified atom stereocenters. The molecule has 2 heterocycles. The summed E-state index contributed by atoms with van der Waals surface area (Å²) in [5.74, 6) is -0.898. The first-order chi connectivity index (χ1) is 15.0. The highest BCUT2D eigenvalue weighted by Crippen LogP contribution is 2.25. The number of oxime groups is 1. The molecule has 11 heteroatoms. The minimum Gasteiger partial charge on any atom is -0.411 e. The van der Waals surface area contributed by atoms with Crippen molar-refractivity contribution in [3.63, 3.8) is 0 Å².